The summed E-state index contributed by atoms with van der Waals surface area (Å²) in [5.74, 6) is -0.0301. The number of hydrogen-bond acceptors (Lipinski definition) is 4. The molecule has 15 heavy (non-hydrogen) atoms. The van der Waals surface area contributed by atoms with Crippen molar-refractivity contribution in [3.05, 3.63) is 0 Å². The Morgan fingerprint density at radius 1 is 1.53 bits per heavy atom. The second kappa shape index (κ2) is 4.37. The van der Waals surface area contributed by atoms with E-state index in [0.717, 1.165) is 0 Å². The smallest absolute Gasteiger partial charge is 0.410 e. The maximum absolute atomic E-state index is 11.6. The van der Waals surface area contributed by atoms with E-state index in [4.69, 9.17) is 10.5 Å². The number of nitrogens with zero attached hydrogens (tertiary/aromatic N) is 1. The summed E-state index contributed by atoms with van der Waals surface area (Å²) in [7, 11) is 0. The summed E-state index contributed by atoms with van der Waals surface area (Å²) in [5, 5.41) is 9.58. The van der Waals surface area contributed by atoms with Crippen LogP contribution < -0.4 is 5.73 Å². The molecule has 0 aromatic carbocycles. The van der Waals surface area contributed by atoms with Gasteiger partial charge in [-0.15, -0.1) is 0 Å². The van der Waals surface area contributed by atoms with Crippen molar-refractivity contribution in [2.24, 2.45) is 11.7 Å². The summed E-state index contributed by atoms with van der Waals surface area (Å²) in [6, 6.07) is 0. The van der Waals surface area contributed by atoms with Gasteiger partial charge in [-0.3, -0.25) is 0 Å². The molecule has 3 N–H and O–H groups in total. The van der Waals surface area contributed by atoms with E-state index in [1.54, 1.807) is 0 Å². The number of ether oxygens (including phenoxy) is 1. The van der Waals surface area contributed by atoms with Crippen LogP contribution in [0, 0.1) is 5.92 Å². The first kappa shape index (κ1) is 12.3. The standard InChI is InChI=1S/C10H20N2O3/c1-10(2,3)15-9(14)12-5-7(4-11)8(13)6-12/h7-8,13H,4-6,11H2,1-3H3/t7?,8-/m0/s1. The van der Waals surface area contributed by atoms with Gasteiger partial charge in [-0.05, 0) is 27.3 Å². The molecule has 1 amide bonds. The molecule has 1 saturated heterocycles. The molecular formula is C10H20N2O3. The molecule has 1 unspecified atom stereocenters. The number of carbonyl (C=O) groups excluding carboxylic acids is 1. The zero-order valence-electron chi connectivity index (χ0n) is 9.56. The van der Waals surface area contributed by atoms with Crippen LogP contribution in [0.5, 0.6) is 0 Å². The predicted octanol–water partition coefficient (Wildman–Crippen LogP) is 0.173. The van der Waals surface area contributed by atoms with Crippen molar-refractivity contribution >= 4 is 6.09 Å². The van der Waals surface area contributed by atoms with Crippen LogP contribution in [-0.2, 0) is 4.74 Å². The van der Waals surface area contributed by atoms with E-state index in [1.165, 1.54) is 4.90 Å². The lowest BCUT2D eigenvalue weighted by molar-refractivity contribution is 0.0270. The summed E-state index contributed by atoms with van der Waals surface area (Å²) in [6.45, 7) is 6.64. The number of β-amino-alcohol motifs (C(OH)–C–C–N with tert-alkyl or cyclic N) is 1. The Morgan fingerprint density at radius 3 is 2.53 bits per heavy atom. The lowest BCUT2D eigenvalue weighted by Gasteiger charge is -2.24. The van der Waals surface area contributed by atoms with Crippen molar-refractivity contribution in [1.29, 1.82) is 0 Å². The highest BCUT2D eigenvalue weighted by atomic mass is 16.6. The summed E-state index contributed by atoms with van der Waals surface area (Å²) < 4.78 is 5.20. The van der Waals surface area contributed by atoms with Gasteiger partial charge in [0.1, 0.15) is 5.60 Å². The first-order chi connectivity index (χ1) is 6.83. The Balaban J connectivity index is 2.50. The molecule has 0 spiro atoms. The van der Waals surface area contributed by atoms with Gasteiger partial charge in [-0.1, -0.05) is 0 Å². The number of aliphatic hydroxyl groups excluding tert-OH is 1. The van der Waals surface area contributed by atoms with Gasteiger partial charge >= 0.3 is 6.09 Å². The molecule has 1 rings (SSSR count). The van der Waals surface area contributed by atoms with Gasteiger partial charge in [0.25, 0.3) is 0 Å². The highest BCUT2D eigenvalue weighted by Crippen LogP contribution is 2.18. The summed E-state index contributed by atoms with van der Waals surface area (Å²) in [5.41, 5.74) is 4.98. The third-order valence-corrected chi connectivity index (χ3v) is 2.36. The molecule has 1 heterocycles. The van der Waals surface area contributed by atoms with E-state index in [1.807, 2.05) is 20.8 Å². The highest BCUT2D eigenvalue weighted by Gasteiger charge is 2.35. The van der Waals surface area contributed by atoms with Crippen LogP contribution in [0.2, 0.25) is 0 Å². The van der Waals surface area contributed by atoms with Crippen molar-refractivity contribution in [1.82, 2.24) is 4.90 Å². The van der Waals surface area contributed by atoms with Crippen molar-refractivity contribution in [3.63, 3.8) is 0 Å². The average Bonchev–Trinajstić information content (AvgIpc) is 2.43. The van der Waals surface area contributed by atoms with Gasteiger partial charge in [0.2, 0.25) is 0 Å². The second-order valence-corrected chi connectivity index (χ2v) is 4.95. The Bertz CT molecular complexity index is 237. The largest absolute Gasteiger partial charge is 0.444 e. The van der Waals surface area contributed by atoms with Gasteiger partial charge in [-0.2, -0.15) is 0 Å². The van der Waals surface area contributed by atoms with Crippen LogP contribution in [0.25, 0.3) is 0 Å². The van der Waals surface area contributed by atoms with Crippen LogP contribution in [-0.4, -0.2) is 47.4 Å². The average molecular weight is 216 g/mol. The molecule has 0 aromatic rings. The molecular weight excluding hydrogens is 196 g/mol. The number of carbonyl (C=O) groups is 1. The number of likely N-dealkylation sites (tertiary alicyclic amines) is 1. The van der Waals surface area contributed by atoms with E-state index in [-0.39, 0.29) is 12.0 Å². The molecule has 2 atom stereocenters. The van der Waals surface area contributed by atoms with E-state index < -0.39 is 11.7 Å². The van der Waals surface area contributed by atoms with Gasteiger partial charge in [-0.25, -0.2) is 4.79 Å². The molecule has 0 saturated carbocycles. The highest BCUT2D eigenvalue weighted by molar-refractivity contribution is 5.68. The number of hydrogen-bond donors (Lipinski definition) is 2. The molecule has 1 aliphatic heterocycles. The van der Waals surface area contributed by atoms with Crippen LogP contribution in [0.4, 0.5) is 4.79 Å². The lowest BCUT2D eigenvalue weighted by atomic mass is 10.1. The molecule has 5 heteroatoms. The third kappa shape index (κ3) is 3.35. The van der Waals surface area contributed by atoms with Gasteiger partial charge < -0.3 is 20.5 Å². The Morgan fingerprint density at radius 2 is 2.13 bits per heavy atom. The molecule has 1 fully saturated rings. The minimum absolute atomic E-state index is 0.0301. The molecule has 0 aliphatic carbocycles. The number of nitrogens with two attached hydrogens (primary N) is 1. The van der Waals surface area contributed by atoms with E-state index in [9.17, 15) is 9.90 Å². The zero-order valence-corrected chi connectivity index (χ0v) is 9.56. The van der Waals surface area contributed by atoms with Crippen molar-refractivity contribution in [2.45, 2.75) is 32.5 Å². The molecule has 0 radical (unpaired) electrons. The first-order valence-corrected chi connectivity index (χ1v) is 5.19. The third-order valence-electron chi connectivity index (χ3n) is 2.36. The topological polar surface area (TPSA) is 75.8 Å². The van der Waals surface area contributed by atoms with Crippen LogP contribution in [0.1, 0.15) is 20.8 Å². The normalized spacial score (nSPS) is 26.9. The molecule has 0 aromatic heterocycles. The molecule has 0 bridgehead atoms. The molecule has 5 nitrogen and oxygen atoms in total. The van der Waals surface area contributed by atoms with Gasteiger partial charge in [0.15, 0.2) is 0 Å². The fourth-order valence-electron chi connectivity index (χ4n) is 1.56. The van der Waals surface area contributed by atoms with Gasteiger partial charge in [0.05, 0.1) is 12.6 Å². The number of aliphatic hydroxyl groups is 1. The second-order valence-electron chi connectivity index (χ2n) is 4.95. The van der Waals surface area contributed by atoms with E-state index >= 15 is 0 Å². The minimum Gasteiger partial charge on any atom is -0.444 e. The minimum atomic E-state index is -0.525. The Hall–Kier alpha value is -0.810. The zero-order chi connectivity index (χ0) is 11.6. The lowest BCUT2D eigenvalue weighted by Crippen LogP contribution is -2.36. The monoisotopic (exact) mass is 216 g/mol. The fraction of sp³-hybridized carbons (Fsp3) is 0.900. The quantitative estimate of drug-likeness (QED) is 0.655. The molecule has 1 aliphatic rings. The maximum Gasteiger partial charge on any atom is 0.410 e. The van der Waals surface area contributed by atoms with Crippen molar-refractivity contribution in [2.75, 3.05) is 19.6 Å². The Labute approximate surface area is 90.2 Å². The van der Waals surface area contributed by atoms with Crippen molar-refractivity contribution in [3.8, 4) is 0 Å². The maximum atomic E-state index is 11.6. The SMILES string of the molecule is CC(C)(C)OC(=O)N1CC(CN)[C@@H](O)C1. The fourth-order valence-corrected chi connectivity index (χ4v) is 1.56. The van der Waals surface area contributed by atoms with Crippen LogP contribution in [0.15, 0.2) is 0 Å². The van der Waals surface area contributed by atoms with Crippen molar-refractivity contribution < 1.29 is 14.6 Å². The first-order valence-electron chi connectivity index (χ1n) is 5.19. The van der Waals surface area contributed by atoms with E-state index in [2.05, 4.69) is 0 Å². The summed E-state index contributed by atoms with van der Waals surface area (Å²) in [6.07, 6.45) is -0.903. The predicted molar refractivity (Wildman–Crippen MR) is 56.4 cm³/mol. The molecule has 88 valence electrons. The van der Waals surface area contributed by atoms with E-state index in [0.29, 0.717) is 19.6 Å². The number of rotatable bonds is 1. The van der Waals surface area contributed by atoms with Crippen LogP contribution in [0.3, 0.4) is 0 Å². The Kier molecular flexibility index (Phi) is 3.57. The van der Waals surface area contributed by atoms with Crippen LogP contribution >= 0.6 is 0 Å². The number of amides is 1. The summed E-state index contributed by atoms with van der Waals surface area (Å²) in [4.78, 5) is 13.1. The van der Waals surface area contributed by atoms with Gasteiger partial charge in [0, 0.05) is 12.5 Å². The summed E-state index contributed by atoms with van der Waals surface area (Å²) >= 11 is 0.